The van der Waals surface area contributed by atoms with Crippen LogP contribution in [0.4, 0.5) is 0 Å². The molecular formula is C17H25NO2. The molecule has 3 heteroatoms. The van der Waals surface area contributed by atoms with E-state index >= 15 is 0 Å². The minimum Gasteiger partial charge on any atom is -0.487 e. The second kappa shape index (κ2) is 6.15. The van der Waals surface area contributed by atoms with Crippen molar-refractivity contribution >= 4 is 0 Å². The molecule has 0 spiro atoms. The molecule has 3 nitrogen and oxygen atoms in total. The number of hydrogen-bond donors (Lipinski definition) is 1. The van der Waals surface area contributed by atoms with Crippen molar-refractivity contribution in [1.29, 1.82) is 0 Å². The second-order valence-corrected chi connectivity index (χ2v) is 6.00. The summed E-state index contributed by atoms with van der Waals surface area (Å²) in [5, 5.41) is 3.66. The van der Waals surface area contributed by atoms with Gasteiger partial charge in [-0.2, -0.15) is 0 Å². The predicted octanol–water partition coefficient (Wildman–Crippen LogP) is 3.45. The van der Waals surface area contributed by atoms with Crippen LogP contribution in [0.15, 0.2) is 24.3 Å². The SMILES string of the molecule is CCCNC1CC(C2CCC(C)O2)Oc2ccccc21. The molecule has 110 valence electrons. The molecule has 1 saturated heterocycles. The molecule has 2 aliphatic rings. The first kappa shape index (κ1) is 13.9. The smallest absolute Gasteiger partial charge is 0.127 e. The molecule has 20 heavy (non-hydrogen) atoms. The summed E-state index contributed by atoms with van der Waals surface area (Å²) < 4.78 is 12.2. The van der Waals surface area contributed by atoms with Crippen LogP contribution in [0.25, 0.3) is 0 Å². The van der Waals surface area contributed by atoms with E-state index in [1.54, 1.807) is 0 Å². The highest BCUT2D eigenvalue weighted by atomic mass is 16.6. The molecule has 4 unspecified atom stereocenters. The molecule has 0 aliphatic carbocycles. The molecule has 1 aromatic rings. The zero-order valence-electron chi connectivity index (χ0n) is 12.5. The van der Waals surface area contributed by atoms with Crippen LogP contribution in [0.1, 0.15) is 51.1 Å². The lowest BCUT2D eigenvalue weighted by molar-refractivity contribution is -0.0300. The van der Waals surface area contributed by atoms with Crippen LogP contribution in [0.5, 0.6) is 5.75 Å². The van der Waals surface area contributed by atoms with Crippen LogP contribution in [0.3, 0.4) is 0 Å². The zero-order chi connectivity index (χ0) is 13.9. The van der Waals surface area contributed by atoms with Crippen molar-refractivity contribution < 1.29 is 9.47 Å². The van der Waals surface area contributed by atoms with E-state index < -0.39 is 0 Å². The zero-order valence-corrected chi connectivity index (χ0v) is 12.5. The highest BCUT2D eigenvalue weighted by molar-refractivity contribution is 5.38. The fourth-order valence-electron chi connectivity index (χ4n) is 3.29. The van der Waals surface area contributed by atoms with E-state index in [-0.39, 0.29) is 12.2 Å². The van der Waals surface area contributed by atoms with Crippen LogP contribution < -0.4 is 10.1 Å². The summed E-state index contributed by atoms with van der Waals surface area (Å²) >= 11 is 0. The van der Waals surface area contributed by atoms with E-state index in [0.717, 1.165) is 38.0 Å². The van der Waals surface area contributed by atoms with Gasteiger partial charge in [0.1, 0.15) is 11.9 Å². The third-order valence-electron chi connectivity index (χ3n) is 4.36. The highest BCUT2D eigenvalue weighted by Gasteiger charge is 2.36. The quantitative estimate of drug-likeness (QED) is 0.913. The molecule has 1 aromatic carbocycles. The van der Waals surface area contributed by atoms with Crippen molar-refractivity contribution in [3.8, 4) is 5.75 Å². The van der Waals surface area contributed by atoms with Crippen molar-refractivity contribution in [2.45, 2.75) is 63.9 Å². The van der Waals surface area contributed by atoms with Crippen molar-refractivity contribution in [2.24, 2.45) is 0 Å². The molecule has 0 aromatic heterocycles. The largest absolute Gasteiger partial charge is 0.487 e. The van der Waals surface area contributed by atoms with Gasteiger partial charge >= 0.3 is 0 Å². The van der Waals surface area contributed by atoms with Gasteiger partial charge in [0, 0.05) is 18.0 Å². The third kappa shape index (κ3) is 2.84. The molecule has 3 rings (SSSR count). The maximum absolute atomic E-state index is 6.21. The van der Waals surface area contributed by atoms with Gasteiger partial charge in [-0.15, -0.1) is 0 Å². The lowest BCUT2D eigenvalue weighted by atomic mass is 9.93. The summed E-state index contributed by atoms with van der Waals surface area (Å²) in [6.45, 7) is 5.41. The summed E-state index contributed by atoms with van der Waals surface area (Å²) in [5.41, 5.74) is 1.29. The third-order valence-corrected chi connectivity index (χ3v) is 4.36. The van der Waals surface area contributed by atoms with Gasteiger partial charge in [-0.3, -0.25) is 0 Å². The molecule has 0 bridgehead atoms. The Labute approximate surface area is 121 Å². The molecule has 2 heterocycles. The van der Waals surface area contributed by atoms with E-state index in [1.807, 2.05) is 0 Å². The van der Waals surface area contributed by atoms with E-state index in [4.69, 9.17) is 9.47 Å². The monoisotopic (exact) mass is 275 g/mol. The van der Waals surface area contributed by atoms with Gasteiger partial charge in [0.2, 0.25) is 0 Å². The van der Waals surface area contributed by atoms with Crippen LogP contribution in [-0.2, 0) is 4.74 Å². The highest BCUT2D eigenvalue weighted by Crippen LogP contribution is 2.38. The van der Waals surface area contributed by atoms with Crippen LogP contribution >= 0.6 is 0 Å². The lowest BCUT2D eigenvalue weighted by Gasteiger charge is -2.35. The lowest BCUT2D eigenvalue weighted by Crippen LogP contribution is -2.40. The Morgan fingerprint density at radius 1 is 1.20 bits per heavy atom. The first-order valence-electron chi connectivity index (χ1n) is 7.92. The molecule has 0 radical (unpaired) electrons. The van der Waals surface area contributed by atoms with E-state index in [9.17, 15) is 0 Å². The summed E-state index contributed by atoms with van der Waals surface area (Å²) in [6.07, 6.45) is 5.25. The maximum atomic E-state index is 6.21. The standard InChI is InChI=1S/C17H25NO2/c1-3-10-18-14-11-17(16-9-8-12(2)19-16)20-15-7-5-4-6-13(14)15/h4-7,12,14,16-18H,3,8-11H2,1-2H3. The average Bonchev–Trinajstić information content (AvgIpc) is 2.91. The number of rotatable bonds is 4. The topological polar surface area (TPSA) is 30.5 Å². The van der Waals surface area contributed by atoms with Gasteiger partial charge in [-0.05, 0) is 38.8 Å². The van der Waals surface area contributed by atoms with Gasteiger partial charge in [0.25, 0.3) is 0 Å². The minimum absolute atomic E-state index is 0.184. The Bertz CT molecular complexity index is 448. The van der Waals surface area contributed by atoms with E-state index in [1.165, 1.54) is 5.56 Å². The Morgan fingerprint density at radius 2 is 2.05 bits per heavy atom. The van der Waals surface area contributed by atoms with Crippen molar-refractivity contribution in [1.82, 2.24) is 5.32 Å². The van der Waals surface area contributed by atoms with Gasteiger partial charge in [-0.25, -0.2) is 0 Å². The van der Waals surface area contributed by atoms with Crippen molar-refractivity contribution in [2.75, 3.05) is 6.54 Å². The number of para-hydroxylation sites is 1. The number of nitrogens with one attached hydrogen (secondary N) is 1. The van der Waals surface area contributed by atoms with Crippen LogP contribution in [-0.4, -0.2) is 24.9 Å². The predicted molar refractivity (Wildman–Crippen MR) is 80.1 cm³/mol. The fourth-order valence-corrected chi connectivity index (χ4v) is 3.29. The molecule has 0 amide bonds. The number of fused-ring (bicyclic) bond motifs is 1. The molecule has 1 fully saturated rings. The first-order chi connectivity index (χ1) is 9.78. The molecule has 0 saturated carbocycles. The van der Waals surface area contributed by atoms with Crippen LogP contribution in [0.2, 0.25) is 0 Å². The Kier molecular flexibility index (Phi) is 4.27. The average molecular weight is 275 g/mol. The van der Waals surface area contributed by atoms with E-state index in [2.05, 4.69) is 43.4 Å². The van der Waals surface area contributed by atoms with Gasteiger partial charge < -0.3 is 14.8 Å². The Hall–Kier alpha value is -1.06. The molecule has 4 atom stereocenters. The first-order valence-corrected chi connectivity index (χ1v) is 7.92. The van der Waals surface area contributed by atoms with Crippen LogP contribution in [0, 0.1) is 0 Å². The van der Waals surface area contributed by atoms with Gasteiger partial charge in [0.15, 0.2) is 0 Å². The Morgan fingerprint density at radius 3 is 2.80 bits per heavy atom. The summed E-state index contributed by atoms with van der Waals surface area (Å²) in [4.78, 5) is 0. The summed E-state index contributed by atoms with van der Waals surface area (Å²) in [5.74, 6) is 1.03. The number of ether oxygens (including phenoxy) is 2. The van der Waals surface area contributed by atoms with Crippen molar-refractivity contribution in [3.63, 3.8) is 0 Å². The summed E-state index contributed by atoms with van der Waals surface area (Å²) in [6, 6.07) is 8.80. The van der Waals surface area contributed by atoms with Gasteiger partial charge in [0.05, 0.1) is 12.2 Å². The maximum Gasteiger partial charge on any atom is 0.127 e. The normalized spacial score (nSPS) is 32.7. The minimum atomic E-state index is 0.184. The number of hydrogen-bond acceptors (Lipinski definition) is 3. The Balaban J connectivity index is 1.77. The molecule has 1 N–H and O–H groups in total. The van der Waals surface area contributed by atoms with Gasteiger partial charge in [-0.1, -0.05) is 25.1 Å². The molecular weight excluding hydrogens is 250 g/mol. The van der Waals surface area contributed by atoms with Crippen molar-refractivity contribution in [3.05, 3.63) is 29.8 Å². The molecule has 2 aliphatic heterocycles. The van der Waals surface area contributed by atoms with E-state index in [0.29, 0.717) is 12.1 Å². The number of benzene rings is 1. The second-order valence-electron chi connectivity index (χ2n) is 6.00. The summed E-state index contributed by atoms with van der Waals surface area (Å²) in [7, 11) is 0. The fraction of sp³-hybridized carbons (Fsp3) is 0.647.